The van der Waals surface area contributed by atoms with Gasteiger partial charge in [-0.05, 0) is 81.0 Å². The van der Waals surface area contributed by atoms with Crippen molar-refractivity contribution in [2.75, 3.05) is 59.2 Å². The predicted molar refractivity (Wildman–Crippen MR) is 178 cm³/mol. The van der Waals surface area contributed by atoms with Crippen molar-refractivity contribution in [3.8, 4) is 0 Å². The fraction of sp³-hybridized carbons (Fsp3) is 0.382. The van der Waals surface area contributed by atoms with Crippen molar-refractivity contribution in [1.82, 2.24) is 24.7 Å². The number of rotatable bonds is 12. The van der Waals surface area contributed by atoms with E-state index in [-0.39, 0.29) is 12.0 Å². The molecule has 0 radical (unpaired) electrons. The zero-order chi connectivity index (χ0) is 31.1. The Morgan fingerprint density at radius 3 is 2.11 bits per heavy atom. The standard InChI is InChI=1S/C34H40Cl2N6O2/c1-40(2)18-6-9-30(34(43)44-3)38-33-28-7-4-5-8-29(28)37-31(39-33)23-41-19-21-42(22-20-41)32(24-10-14-26(35)15-11-24)25-12-16-27(36)17-13-25/h4-5,7-8,10-17,30,32H,6,9,18-23H2,1-3H3,(H,37,38,39)/t30-/m0/s1. The minimum Gasteiger partial charge on any atom is -0.467 e. The molecule has 1 aliphatic heterocycles. The fourth-order valence-electron chi connectivity index (χ4n) is 5.76. The number of hydrogen-bond acceptors (Lipinski definition) is 8. The molecule has 3 aromatic carbocycles. The number of piperazine rings is 1. The van der Waals surface area contributed by atoms with E-state index in [1.165, 1.54) is 18.2 Å². The first-order valence-corrected chi connectivity index (χ1v) is 15.8. The number of anilines is 1. The highest BCUT2D eigenvalue weighted by Crippen LogP contribution is 2.31. The molecule has 1 N–H and O–H groups in total. The second-order valence-corrected chi connectivity index (χ2v) is 12.4. The summed E-state index contributed by atoms with van der Waals surface area (Å²) in [5.74, 6) is 1.10. The number of benzene rings is 3. The molecule has 4 aromatic rings. The first kappa shape index (κ1) is 32.1. The summed E-state index contributed by atoms with van der Waals surface area (Å²) in [6, 6.07) is 23.7. The molecule has 1 saturated heterocycles. The van der Waals surface area contributed by atoms with Gasteiger partial charge in [-0.1, -0.05) is 59.6 Å². The number of nitrogens with one attached hydrogen (secondary N) is 1. The summed E-state index contributed by atoms with van der Waals surface area (Å²) in [4.78, 5) is 29.5. The van der Waals surface area contributed by atoms with E-state index in [1.54, 1.807) is 0 Å². The van der Waals surface area contributed by atoms with Gasteiger partial charge in [0.25, 0.3) is 0 Å². The van der Waals surface area contributed by atoms with Crippen molar-refractivity contribution in [3.63, 3.8) is 0 Å². The van der Waals surface area contributed by atoms with Crippen LogP contribution in [-0.2, 0) is 16.1 Å². The maximum Gasteiger partial charge on any atom is 0.328 e. The van der Waals surface area contributed by atoms with Gasteiger partial charge >= 0.3 is 5.97 Å². The Bertz CT molecular complexity index is 1480. The van der Waals surface area contributed by atoms with Crippen LogP contribution in [0.4, 0.5) is 5.82 Å². The van der Waals surface area contributed by atoms with Crippen molar-refractivity contribution >= 4 is 45.9 Å². The lowest BCUT2D eigenvalue weighted by atomic mass is 9.96. The molecule has 1 aliphatic rings. The monoisotopic (exact) mass is 634 g/mol. The number of methoxy groups -OCH3 is 1. The minimum absolute atomic E-state index is 0.0992. The molecule has 1 fully saturated rings. The topological polar surface area (TPSA) is 73.8 Å². The molecule has 5 rings (SSSR count). The van der Waals surface area contributed by atoms with Crippen molar-refractivity contribution in [3.05, 3.63) is 99.8 Å². The number of halogens is 2. The van der Waals surface area contributed by atoms with Crippen LogP contribution in [0.15, 0.2) is 72.8 Å². The number of para-hydroxylation sites is 1. The third-order valence-electron chi connectivity index (χ3n) is 8.05. The average molecular weight is 636 g/mol. The molecule has 0 saturated carbocycles. The Morgan fingerprint density at radius 2 is 1.52 bits per heavy atom. The van der Waals surface area contributed by atoms with Crippen LogP contribution in [0.2, 0.25) is 10.0 Å². The highest BCUT2D eigenvalue weighted by Gasteiger charge is 2.27. The second-order valence-electron chi connectivity index (χ2n) is 11.5. The van der Waals surface area contributed by atoms with Gasteiger partial charge in [-0.2, -0.15) is 0 Å². The van der Waals surface area contributed by atoms with Crippen molar-refractivity contribution < 1.29 is 9.53 Å². The van der Waals surface area contributed by atoms with E-state index >= 15 is 0 Å². The van der Waals surface area contributed by atoms with E-state index in [9.17, 15) is 4.79 Å². The number of nitrogens with zero attached hydrogens (tertiary/aromatic N) is 5. The van der Waals surface area contributed by atoms with Gasteiger partial charge < -0.3 is 15.0 Å². The number of esters is 1. The lowest BCUT2D eigenvalue weighted by Crippen LogP contribution is -2.47. The van der Waals surface area contributed by atoms with Gasteiger partial charge in [0, 0.05) is 41.6 Å². The van der Waals surface area contributed by atoms with Crippen LogP contribution in [0.5, 0.6) is 0 Å². The number of carbonyl (C=O) groups excluding carboxylic acids is 1. The summed E-state index contributed by atoms with van der Waals surface area (Å²) in [7, 11) is 5.48. The van der Waals surface area contributed by atoms with Crippen molar-refractivity contribution in [2.45, 2.75) is 31.5 Å². The molecular weight excluding hydrogens is 595 g/mol. The summed E-state index contributed by atoms with van der Waals surface area (Å²) in [6.07, 6.45) is 1.50. The zero-order valence-corrected chi connectivity index (χ0v) is 27.1. The molecule has 0 bridgehead atoms. The van der Waals surface area contributed by atoms with E-state index in [0.717, 1.165) is 65.9 Å². The van der Waals surface area contributed by atoms with Gasteiger partial charge in [-0.3, -0.25) is 9.80 Å². The van der Waals surface area contributed by atoms with E-state index in [4.69, 9.17) is 37.9 Å². The summed E-state index contributed by atoms with van der Waals surface area (Å²) in [5.41, 5.74) is 3.25. The molecule has 0 amide bonds. The molecule has 1 atom stereocenters. The molecule has 2 heterocycles. The Balaban J connectivity index is 1.32. The maximum atomic E-state index is 12.7. The summed E-state index contributed by atoms with van der Waals surface area (Å²) in [6.45, 7) is 4.99. The first-order valence-electron chi connectivity index (χ1n) is 15.0. The normalized spacial score (nSPS) is 15.2. The number of ether oxygens (including phenoxy) is 1. The van der Waals surface area contributed by atoms with Crippen LogP contribution < -0.4 is 5.32 Å². The lowest BCUT2D eigenvalue weighted by molar-refractivity contribution is -0.141. The lowest BCUT2D eigenvalue weighted by Gasteiger charge is -2.39. The highest BCUT2D eigenvalue weighted by molar-refractivity contribution is 6.30. The van der Waals surface area contributed by atoms with Crippen LogP contribution in [0, 0.1) is 0 Å². The number of aromatic nitrogens is 2. The quantitative estimate of drug-likeness (QED) is 0.186. The predicted octanol–water partition coefficient (Wildman–Crippen LogP) is 6.14. The average Bonchev–Trinajstić information content (AvgIpc) is 3.02. The van der Waals surface area contributed by atoms with Crippen LogP contribution in [0.25, 0.3) is 10.9 Å². The minimum atomic E-state index is -0.493. The largest absolute Gasteiger partial charge is 0.467 e. The summed E-state index contributed by atoms with van der Waals surface area (Å²) in [5, 5.41) is 5.74. The Hall–Kier alpha value is -3.27. The van der Waals surface area contributed by atoms with Gasteiger partial charge in [-0.25, -0.2) is 14.8 Å². The molecule has 0 aliphatic carbocycles. The second kappa shape index (κ2) is 15.1. The Morgan fingerprint density at radius 1 is 0.909 bits per heavy atom. The molecule has 1 aromatic heterocycles. The zero-order valence-electron chi connectivity index (χ0n) is 25.5. The fourth-order valence-corrected chi connectivity index (χ4v) is 6.01. The van der Waals surface area contributed by atoms with Crippen LogP contribution in [0.3, 0.4) is 0 Å². The van der Waals surface area contributed by atoms with Gasteiger partial charge in [-0.15, -0.1) is 0 Å². The maximum absolute atomic E-state index is 12.7. The molecule has 232 valence electrons. The number of carbonyl (C=O) groups is 1. The van der Waals surface area contributed by atoms with Crippen molar-refractivity contribution in [1.29, 1.82) is 0 Å². The van der Waals surface area contributed by atoms with E-state index in [1.807, 2.05) is 62.6 Å². The molecule has 8 nitrogen and oxygen atoms in total. The van der Waals surface area contributed by atoms with Crippen LogP contribution in [0.1, 0.15) is 35.8 Å². The van der Waals surface area contributed by atoms with Gasteiger partial charge in [0.1, 0.15) is 17.7 Å². The van der Waals surface area contributed by atoms with Crippen LogP contribution >= 0.6 is 23.2 Å². The highest BCUT2D eigenvalue weighted by atomic mass is 35.5. The summed E-state index contributed by atoms with van der Waals surface area (Å²) >= 11 is 12.4. The molecular formula is C34H40Cl2N6O2. The third kappa shape index (κ3) is 8.25. The molecule has 44 heavy (non-hydrogen) atoms. The smallest absolute Gasteiger partial charge is 0.328 e. The van der Waals surface area contributed by atoms with Gasteiger partial charge in [0.15, 0.2) is 0 Å². The van der Waals surface area contributed by atoms with Crippen LogP contribution in [-0.4, -0.2) is 90.6 Å². The van der Waals surface area contributed by atoms with E-state index in [2.05, 4.69) is 44.3 Å². The van der Waals surface area contributed by atoms with E-state index in [0.29, 0.717) is 18.8 Å². The molecule has 10 heteroatoms. The number of hydrogen-bond donors (Lipinski definition) is 1. The number of fused-ring (bicyclic) bond motifs is 1. The third-order valence-corrected chi connectivity index (χ3v) is 8.56. The van der Waals surface area contributed by atoms with Crippen molar-refractivity contribution in [2.24, 2.45) is 0 Å². The first-order chi connectivity index (χ1) is 21.3. The Labute approximate surface area is 269 Å². The van der Waals surface area contributed by atoms with E-state index < -0.39 is 6.04 Å². The molecule has 0 spiro atoms. The van der Waals surface area contributed by atoms with Gasteiger partial charge in [0.2, 0.25) is 0 Å². The molecule has 0 unspecified atom stereocenters. The summed E-state index contributed by atoms with van der Waals surface area (Å²) < 4.78 is 5.13. The van der Waals surface area contributed by atoms with Gasteiger partial charge in [0.05, 0.1) is 25.2 Å². The SMILES string of the molecule is COC(=O)[C@H](CCCN(C)C)Nc1nc(CN2CCN(C(c3ccc(Cl)cc3)c3ccc(Cl)cc3)CC2)nc2ccccc12. The Kier molecular flexibility index (Phi) is 11.1.